The molecule has 0 saturated carbocycles. The Labute approximate surface area is 323 Å². The highest BCUT2D eigenvalue weighted by atomic mass is 16.5. The number of hydrogen-bond donors (Lipinski definition) is 1. The summed E-state index contributed by atoms with van der Waals surface area (Å²) in [4.78, 5) is 39.0. The fourth-order valence-corrected chi connectivity index (χ4v) is 7.09. The predicted octanol–water partition coefficient (Wildman–Crippen LogP) is 11.6. The maximum Gasteiger partial charge on any atom is 0.305 e. The molecule has 0 spiro atoms. The summed E-state index contributed by atoms with van der Waals surface area (Å²) in [6.45, 7) is 19.7. The van der Waals surface area contributed by atoms with Crippen molar-refractivity contribution in [3.63, 3.8) is 0 Å². The zero-order valence-electron chi connectivity index (χ0n) is 36.2. The van der Waals surface area contributed by atoms with E-state index in [2.05, 4.69) is 60.7 Å². The molecule has 0 saturated heterocycles. The van der Waals surface area contributed by atoms with Crippen LogP contribution in [0.2, 0.25) is 0 Å². The van der Waals surface area contributed by atoms with Crippen molar-refractivity contribution >= 4 is 17.8 Å². The van der Waals surface area contributed by atoms with Crippen LogP contribution in [0.3, 0.4) is 0 Å². The molecule has 2 atom stereocenters. The van der Waals surface area contributed by atoms with Gasteiger partial charge >= 0.3 is 11.9 Å². The lowest BCUT2D eigenvalue weighted by molar-refractivity contribution is -0.145. The summed E-state index contributed by atoms with van der Waals surface area (Å²) >= 11 is 0. The molecule has 1 amide bonds. The van der Waals surface area contributed by atoms with Crippen LogP contribution in [0.5, 0.6) is 0 Å². The smallest absolute Gasteiger partial charge is 0.305 e. The predicted molar refractivity (Wildman–Crippen MR) is 220 cm³/mol. The second-order valence-electron chi connectivity index (χ2n) is 17.8. The summed E-state index contributed by atoms with van der Waals surface area (Å²) in [5.74, 6) is 3.91. The van der Waals surface area contributed by atoms with Crippen LogP contribution in [0.25, 0.3) is 0 Å². The molecular weight excluding hydrogens is 649 g/mol. The van der Waals surface area contributed by atoms with Gasteiger partial charge in [-0.05, 0) is 101 Å². The molecule has 0 aromatic carbocycles. The Hall–Kier alpha value is -1.63. The van der Waals surface area contributed by atoms with E-state index in [1.165, 1.54) is 51.4 Å². The number of nitrogens with one attached hydrogen (secondary N) is 1. The molecule has 1 N–H and O–H groups in total. The molecule has 7 heteroatoms. The standard InChI is InChI=1S/C45H88N2O5/c1-36(2)25-27-40(38(5)6)29-31-44(49)51-33-21-17-13-11-15-19-23-42(46-43(48)35-47(9)10)24-20-16-12-14-18-22-34-52-45(50)32-30-41(39(7)8)28-26-37(3)4/h36-42H,11-35H2,1-10H3,(H,46,48). The van der Waals surface area contributed by atoms with E-state index in [-0.39, 0.29) is 23.9 Å². The van der Waals surface area contributed by atoms with Crippen molar-refractivity contribution in [2.45, 2.75) is 203 Å². The van der Waals surface area contributed by atoms with E-state index in [1.54, 1.807) is 0 Å². The Kier molecular flexibility index (Phi) is 31.7. The normalized spacial score (nSPS) is 13.7. The Morgan fingerprint density at radius 3 is 1.19 bits per heavy atom. The number of likely N-dealkylation sites (N-methyl/N-ethyl adjacent to an activating group) is 1. The Balaban J connectivity index is 4.12. The van der Waals surface area contributed by atoms with Gasteiger partial charge in [0.1, 0.15) is 0 Å². The van der Waals surface area contributed by atoms with Gasteiger partial charge < -0.3 is 19.7 Å². The molecule has 2 unspecified atom stereocenters. The molecular formula is C45H88N2O5. The molecule has 0 aliphatic rings. The number of carbonyl (C=O) groups excluding carboxylic acids is 3. The number of nitrogens with zero attached hydrogens (tertiary/aromatic N) is 1. The molecule has 0 aromatic rings. The van der Waals surface area contributed by atoms with Gasteiger partial charge in [-0.3, -0.25) is 14.4 Å². The number of ether oxygens (including phenoxy) is 2. The van der Waals surface area contributed by atoms with Gasteiger partial charge in [0.2, 0.25) is 5.91 Å². The van der Waals surface area contributed by atoms with Crippen molar-refractivity contribution in [2.24, 2.45) is 35.5 Å². The van der Waals surface area contributed by atoms with E-state index in [0.29, 0.717) is 68.1 Å². The summed E-state index contributed by atoms with van der Waals surface area (Å²) < 4.78 is 11.1. The monoisotopic (exact) mass is 737 g/mol. The quantitative estimate of drug-likeness (QED) is 0.0515. The van der Waals surface area contributed by atoms with E-state index < -0.39 is 0 Å². The Morgan fingerprint density at radius 1 is 0.481 bits per heavy atom. The van der Waals surface area contributed by atoms with Gasteiger partial charge in [0, 0.05) is 18.9 Å². The van der Waals surface area contributed by atoms with E-state index in [4.69, 9.17) is 9.47 Å². The molecule has 0 radical (unpaired) electrons. The van der Waals surface area contributed by atoms with Gasteiger partial charge in [-0.1, -0.05) is 132 Å². The summed E-state index contributed by atoms with van der Waals surface area (Å²) in [6, 6.07) is 0.243. The van der Waals surface area contributed by atoms with Crippen molar-refractivity contribution in [3.8, 4) is 0 Å². The minimum absolute atomic E-state index is 0.0338. The Morgan fingerprint density at radius 2 is 0.846 bits per heavy atom. The first-order valence-corrected chi connectivity index (χ1v) is 22.0. The molecule has 0 aromatic heterocycles. The topological polar surface area (TPSA) is 84.9 Å². The van der Waals surface area contributed by atoms with Gasteiger partial charge in [-0.2, -0.15) is 0 Å². The number of hydrogen-bond acceptors (Lipinski definition) is 6. The summed E-state index contributed by atoms with van der Waals surface area (Å²) in [7, 11) is 3.87. The lowest BCUT2D eigenvalue weighted by Gasteiger charge is -2.21. The molecule has 7 nitrogen and oxygen atoms in total. The first kappa shape index (κ1) is 50.4. The number of carbonyl (C=O) groups is 3. The number of amides is 1. The van der Waals surface area contributed by atoms with Gasteiger partial charge in [-0.15, -0.1) is 0 Å². The van der Waals surface area contributed by atoms with Crippen molar-refractivity contribution in [1.82, 2.24) is 10.2 Å². The van der Waals surface area contributed by atoms with Crippen molar-refractivity contribution in [3.05, 3.63) is 0 Å². The van der Waals surface area contributed by atoms with Crippen molar-refractivity contribution < 1.29 is 23.9 Å². The van der Waals surface area contributed by atoms with Crippen LogP contribution in [0.4, 0.5) is 0 Å². The summed E-state index contributed by atoms with van der Waals surface area (Å²) in [6.07, 6.45) is 23.3. The van der Waals surface area contributed by atoms with E-state index >= 15 is 0 Å². The number of unbranched alkanes of at least 4 members (excludes halogenated alkanes) is 10. The second-order valence-corrected chi connectivity index (χ2v) is 17.8. The highest BCUT2D eigenvalue weighted by Gasteiger charge is 2.18. The van der Waals surface area contributed by atoms with Crippen LogP contribution in [0.15, 0.2) is 0 Å². The maximum atomic E-state index is 12.5. The zero-order valence-corrected chi connectivity index (χ0v) is 36.2. The van der Waals surface area contributed by atoms with Crippen LogP contribution in [-0.4, -0.2) is 62.6 Å². The summed E-state index contributed by atoms with van der Waals surface area (Å²) in [5, 5.41) is 3.30. The van der Waals surface area contributed by atoms with Gasteiger partial charge in [0.25, 0.3) is 0 Å². The highest BCUT2D eigenvalue weighted by molar-refractivity contribution is 5.78. The lowest BCUT2D eigenvalue weighted by Crippen LogP contribution is -2.40. The van der Waals surface area contributed by atoms with Gasteiger partial charge in [0.15, 0.2) is 0 Å². The molecule has 308 valence electrons. The minimum Gasteiger partial charge on any atom is -0.466 e. The minimum atomic E-state index is -0.0338. The molecule has 0 aliphatic carbocycles. The Bertz CT molecular complexity index is 814. The average Bonchev–Trinajstić information content (AvgIpc) is 3.05. The SMILES string of the molecule is CC(C)CCC(CCC(=O)OCCCCCCCCC(CCCCCCCCOC(=O)CCC(CCC(C)C)C(C)C)NC(=O)CN(C)C)C(C)C. The molecule has 0 bridgehead atoms. The molecule has 0 aliphatic heterocycles. The third-order valence-corrected chi connectivity index (χ3v) is 10.8. The number of rotatable bonds is 35. The van der Waals surface area contributed by atoms with Crippen molar-refractivity contribution in [2.75, 3.05) is 33.9 Å². The highest BCUT2D eigenvalue weighted by Crippen LogP contribution is 2.26. The molecule has 0 fully saturated rings. The van der Waals surface area contributed by atoms with Crippen LogP contribution in [0, 0.1) is 35.5 Å². The van der Waals surface area contributed by atoms with Gasteiger partial charge in [0.05, 0.1) is 19.8 Å². The fraction of sp³-hybridized carbons (Fsp3) is 0.933. The molecule has 52 heavy (non-hydrogen) atoms. The maximum absolute atomic E-state index is 12.5. The van der Waals surface area contributed by atoms with Crippen molar-refractivity contribution in [1.29, 1.82) is 0 Å². The van der Waals surface area contributed by atoms with Crippen LogP contribution in [-0.2, 0) is 23.9 Å². The summed E-state index contributed by atoms with van der Waals surface area (Å²) in [5.41, 5.74) is 0. The van der Waals surface area contributed by atoms with Gasteiger partial charge in [-0.25, -0.2) is 0 Å². The first-order valence-electron chi connectivity index (χ1n) is 22.0. The lowest BCUT2D eigenvalue weighted by atomic mass is 9.85. The third kappa shape index (κ3) is 31.9. The largest absolute Gasteiger partial charge is 0.466 e. The van der Waals surface area contributed by atoms with Crippen LogP contribution < -0.4 is 5.32 Å². The fourth-order valence-electron chi connectivity index (χ4n) is 7.09. The van der Waals surface area contributed by atoms with E-state index in [1.807, 2.05) is 19.0 Å². The molecule has 0 rings (SSSR count). The molecule has 0 heterocycles. The number of esters is 2. The van der Waals surface area contributed by atoms with E-state index in [0.717, 1.165) is 77.0 Å². The average molecular weight is 737 g/mol. The second kappa shape index (κ2) is 32.8. The van der Waals surface area contributed by atoms with E-state index in [9.17, 15) is 14.4 Å². The first-order chi connectivity index (χ1) is 24.7. The zero-order chi connectivity index (χ0) is 39.1. The van der Waals surface area contributed by atoms with Crippen LogP contribution >= 0.6 is 0 Å². The third-order valence-electron chi connectivity index (χ3n) is 10.8. The van der Waals surface area contributed by atoms with Crippen LogP contribution in [0.1, 0.15) is 197 Å².